The van der Waals surface area contributed by atoms with Crippen molar-refractivity contribution in [3.63, 3.8) is 0 Å². The van der Waals surface area contributed by atoms with Crippen LogP contribution in [0.3, 0.4) is 0 Å². The number of ether oxygens (including phenoxy) is 1. The zero-order valence-electron chi connectivity index (χ0n) is 10.4. The second kappa shape index (κ2) is 6.86. The van der Waals surface area contributed by atoms with Gasteiger partial charge in [-0.2, -0.15) is 0 Å². The van der Waals surface area contributed by atoms with E-state index in [1.807, 2.05) is 0 Å². The fraction of sp³-hybridized carbons (Fsp3) is 0.917. The van der Waals surface area contributed by atoms with Crippen molar-refractivity contribution >= 4 is 5.91 Å². The molecule has 1 rings (SSSR count). The molecule has 0 radical (unpaired) electrons. The van der Waals surface area contributed by atoms with E-state index in [9.17, 15) is 4.79 Å². The van der Waals surface area contributed by atoms with Gasteiger partial charge in [-0.15, -0.1) is 0 Å². The molecule has 0 saturated carbocycles. The number of hydrogen-bond acceptors (Lipinski definition) is 3. The molecule has 0 spiro atoms. The Morgan fingerprint density at radius 1 is 1.62 bits per heavy atom. The molecule has 0 aliphatic carbocycles. The highest BCUT2D eigenvalue weighted by molar-refractivity contribution is 5.80. The van der Waals surface area contributed by atoms with Gasteiger partial charge in [0.05, 0.1) is 12.1 Å². The molecular formula is C12H24N2O2. The number of carbonyl (C=O) groups excluding carboxylic acids is 1. The van der Waals surface area contributed by atoms with Gasteiger partial charge < -0.3 is 15.8 Å². The van der Waals surface area contributed by atoms with Crippen LogP contribution in [0.4, 0.5) is 0 Å². The van der Waals surface area contributed by atoms with Gasteiger partial charge in [0.1, 0.15) is 0 Å². The SMILES string of the molecule is CCCC(C)C(NCC1CCCO1)C(N)=O. The maximum atomic E-state index is 11.3. The lowest BCUT2D eigenvalue weighted by Gasteiger charge is -2.23. The Hall–Kier alpha value is -0.610. The minimum absolute atomic E-state index is 0.218. The summed E-state index contributed by atoms with van der Waals surface area (Å²) < 4.78 is 5.51. The van der Waals surface area contributed by atoms with Crippen LogP contribution in [0.2, 0.25) is 0 Å². The Bertz CT molecular complexity index is 215. The van der Waals surface area contributed by atoms with Gasteiger partial charge in [-0.05, 0) is 25.2 Å². The summed E-state index contributed by atoms with van der Waals surface area (Å²) >= 11 is 0. The van der Waals surface area contributed by atoms with Crippen LogP contribution in [0.25, 0.3) is 0 Å². The van der Waals surface area contributed by atoms with E-state index in [2.05, 4.69) is 19.2 Å². The number of nitrogens with one attached hydrogen (secondary N) is 1. The van der Waals surface area contributed by atoms with Gasteiger partial charge in [0, 0.05) is 13.2 Å². The van der Waals surface area contributed by atoms with Gasteiger partial charge >= 0.3 is 0 Å². The van der Waals surface area contributed by atoms with Crippen molar-refractivity contribution in [2.45, 2.75) is 51.7 Å². The standard InChI is InChI=1S/C12H24N2O2/c1-3-5-9(2)11(12(13)15)14-8-10-6-4-7-16-10/h9-11,14H,3-8H2,1-2H3,(H2,13,15). The Balaban J connectivity index is 2.34. The summed E-state index contributed by atoms with van der Waals surface area (Å²) in [6, 6.07) is -0.218. The van der Waals surface area contributed by atoms with E-state index in [1.54, 1.807) is 0 Å². The Morgan fingerprint density at radius 3 is 2.88 bits per heavy atom. The third-order valence-electron chi connectivity index (χ3n) is 3.21. The molecule has 0 aromatic carbocycles. The average Bonchev–Trinajstić information content (AvgIpc) is 2.70. The van der Waals surface area contributed by atoms with E-state index < -0.39 is 0 Å². The maximum Gasteiger partial charge on any atom is 0.234 e. The van der Waals surface area contributed by atoms with Crippen molar-refractivity contribution in [1.82, 2.24) is 5.32 Å². The topological polar surface area (TPSA) is 64.3 Å². The number of amides is 1. The lowest BCUT2D eigenvalue weighted by atomic mass is 9.96. The van der Waals surface area contributed by atoms with Gasteiger partial charge in [0.15, 0.2) is 0 Å². The summed E-state index contributed by atoms with van der Waals surface area (Å²) in [7, 11) is 0. The van der Waals surface area contributed by atoms with Crippen molar-refractivity contribution in [2.24, 2.45) is 11.7 Å². The van der Waals surface area contributed by atoms with Crippen molar-refractivity contribution in [2.75, 3.05) is 13.2 Å². The molecule has 1 aliphatic heterocycles. The van der Waals surface area contributed by atoms with E-state index in [4.69, 9.17) is 10.5 Å². The van der Waals surface area contributed by atoms with Crippen LogP contribution in [0.15, 0.2) is 0 Å². The predicted molar refractivity (Wildman–Crippen MR) is 64.0 cm³/mol. The van der Waals surface area contributed by atoms with Gasteiger partial charge in [0.25, 0.3) is 0 Å². The van der Waals surface area contributed by atoms with Gasteiger partial charge in [0.2, 0.25) is 5.91 Å². The average molecular weight is 228 g/mol. The summed E-state index contributed by atoms with van der Waals surface area (Å²) in [4.78, 5) is 11.3. The van der Waals surface area contributed by atoms with Gasteiger partial charge in [-0.25, -0.2) is 0 Å². The molecule has 4 heteroatoms. The summed E-state index contributed by atoms with van der Waals surface area (Å²) in [6.07, 6.45) is 4.56. The Labute approximate surface area is 97.9 Å². The van der Waals surface area contributed by atoms with Crippen LogP contribution in [-0.2, 0) is 9.53 Å². The van der Waals surface area contributed by atoms with E-state index >= 15 is 0 Å². The van der Waals surface area contributed by atoms with Crippen LogP contribution in [0.5, 0.6) is 0 Å². The van der Waals surface area contributed by atoms with Crippen LogP contribution >= 0.6 is 0 Å². The molecular weight excluding hydrogens is 204 g/mol. The lowest BCUT2D eigenvalue weighted by molar-refractivity contribution is -0.121. The molecule has 1 saturated heterocycles. The fourth-order valence-corrected chi connectivity index (χ4v) is 2.27. The van der Waals surface area contributed by atoms with Crippen LogP contribution in [0, 0.1) is 5.92 Å². The van der Waals surface area contributed by atoms with Crippen LogP contribution in [-0.4, -0.2) is 31.2 Å². The smallest absolute Gasteiger partial charge is 0.234 e. The van der Waals surface area contributed by atoms with Crippen molar-refractivity contribution in [1.29, 1.82) is 0 Å². The number of hydrogen-bond donors (Lipinski definition) is 2. The molecule has 3 N–H and O–H groups in total. The predicted octanol–water partition coefficient (Wildman–Crippen LogP) is 1.05. The first kappa shape index (κ1) is 13.5. The highest BCUT2D eigenvalue weighted by atomic mass is 16.5. The summed E-state index contributed by atoms with van der Waals surface area (Å²) in [5.41, 5.74) is 5.41. The van der Waals surface area contributed by atoms with E-state index in [1.165, 1.54) is 0 Å². The van der Waals surface area contributed by atoms with E-state index in [0.717, 1.165) is 38.8 Å². The van der Waals surface area contributed by atoms with E-state index in [0.29, 0.717) is 5.92 Å². The van der Waals surface area contributed by atoms with E-state index in [-0.39, 0.29) is 18.1 Å². The van der Waals surface area contributed by atoms with Gasteiger partial charge in [-0.1, -0.05) is 20.3 Å². The molecule has 4 nitrogen and oxygen atoms in total. The highest BCUT2D eigenvalue weighted by Gasteiger charge is 2.24. The highest BCUT2D eigenvalue weighted by Crippen LogP contribution is 2.13. The quantitative estimate of drug-likeness (QED) is 0.684. The zero-order chi connectivity index (χ0) is 12.0. The zero-order valence-corrected chi connectivity index (χ0v) is 10.4. The minimum Gasteiger partial charge on any atom is -0.377 e. The molecule has 0 aromatic heterocycles. The minimum atomic E-state index is -0.251. The maximum absolute atomic E-state index is 11.3. The molecule has 1 fully saturated rings. The fourth-order valence-electron chi connectivity index (χ4n) is 2.27. The number of nitrogens with two attached hydrogens (primary N) is 1. The Morgan fingerprint density at radius 2 is 2.38 bits per heavy atom. The summed E-state index contributed by atoms with van der Waals surface area (Å²) in [5, 5.41) is 3.25. The first-order chi connectivity index (χ1) is 7.65. The monoisotopic (exact) mass is 228 g/mol. The number of rotatable bonds is 7. The second-order valence-electron chi connectivity index (χ2n) is 4.69. The molecule has 1 heterocycles. The normalized spacial score (nSPS) is 24.2. The molecule has 16 heavy (non-hydrogen) atoms. The molecule has 94 valence electrons. The molecule has 3 unspecified atom stereocenters. The van der Waals surface area contributed by atoms with Crippen LogP contribution in [0.1, 0.15) is 39.5 Å². The lowest BCUT2D eigenvalue weighted by Crippen LogP contribution is -2.48. The third kappa shape index (κ3) is 4.10. The number of carbonyl (C=O) groups is 1. The van der Waals surface area contributed by atoms with Crippen LogP contribution < -0.4 is 11.1 Å². The molecule has 3 atom stereocenters. The molecule has 0 aromatic rings. The number of primary amides is 1. The molecule has 1 aliphatic rings. The largest absolute Gasteiger partial charge is 0.377 e. The molecule has 0 bridgehead atoms. The Kier molecular flexibility index (Phi) is 5.77. The second-order valence-corrected chi connectivity index (χ2v) is 4.69. The van der Waals surface area contributed by atoms with Crippen molar-refractivity contribution in [3.8, 4) is 0 Å². The summed E-state index contributed by atoms with van der Waals surface area (Å²) in [5.74, 6) is 0.0443. The first-order valence-corrected chi connectivity index (χ1v) is 6.29. The molecule has 1 amide bonds. The van der Waals surface area contributed by atoms with Gasteiger partial charge in [-0.3, -0.25) is 4.79 Å². The first-order valence-electron chi connectivity index (χ1n) is 6.29. The van der Waals surface area contributed by atoms with Crippen molar-refractivity contribution in [3.05, 3.63) is 0 Å². The summed E-state index contributed by atoms with van der Waals surface area (Å²) in [6.45, 7) is 5.77. The third-order valence-corrected chi connectivity index (χ3v) is 3.21. The van der Waals surface area contributed by atoms with Crippen molar-refractivity contribution < 1.29 is 9.53 Å².